The van der Waals surface area contributed by atoms with Crippen molar-refractivity contribution in [2.24, 2.45) is 0 Å². The summed E-state index contributed by atoms with van der Waals surface area (Å²) in [7, 11) is 0. The first-order valence-corrected chi connectivity index (χ1v) is 6.62. The van der Waals surface area contributed by atoms with Gasteiger partial charge in [-0.05, 0) is 5.57 Å². The van der Waals surface area contributed by atoms with Crippen molar-refractivity contribution in [1.29, 1.82) is 10.5 Å². The smallest absolute Gasteiger partial charge is 0.696 e. The molecule has 0 aliphatic carbocycles. The van der Waals surface area contributed by atoms with E-state index in [0.717, 1.165) is 0 Å². The van der Waals surface area contributed by atoms with Gasteiger partial charge in [-0.3, -0.25) is 0 Å². The van der Waals surface area contributed by atoms with Crippen molar-refractivity contribution in [2.75, 3.05) is 0 Å². The molecule has 0 atom stereocenters. The summed E-state index contributed by atoms with van der Waals surface area (Å²) in [5.41, 5.74) is 0.584. The molecule has 128 valence electrons. The number of aliphatic carboxylic acids is 2. The largest absolute Gasteiger partial charge is 4.00 e. The standard InChI is InChI=1S/C12H8N2O4.2CHNS.Ru/c15-11(16)7-1-3-13-9(5-7)10-6-8(12(17)18)2-4-14-10;2*2-1-3;/h1-6H,(H,15,16)(H,17,18);2*3H;/q-2;;;+4/p-3. The quantitative estimate of drug-likeness (QED) is 0.359. The third kappa shape index (κ3) is 9.23. The minimum Gasteiger partial charge on any atom is -0.696 e. The number of carbonyl (C=O) groups is 2. The van der Waals surface area contributed by atoms with Gasteiger partial charge in [-0.15, -0.1) is 0 Å². The van der Waals surface area contributed by atoms with Crippen LogP contribution in [0.5, 0.6) is 0 Å². The molecule has 8 nitrogen and oxygen atoms in total. The van der Waals surface area contributed by atoms with Crippen molar-refractivity contribution in [1.82, 2.24) is 0 Å². The van der Waals surface area contributed by atoms with Crippen LogP contribution >= 0.6 is 0 Å². The molecular formula is C14H7N4O4RuS2-. The number of nitrogens with zero attached hydrogens (tertiary/aromatic N) is 4. The molecule has 0 amide bonds. The van der Waals surface area contributed by atoms with Crippen molar-refractivity contribution >= 4 is 37.2 Å². The van der Waals surface area contributed by atoms with Gasteiger partial charge < -0.3 is 50.9 Å². The first-order chi connectivity index (χ1) is 11.4. The SMILES string of the molecule is N#C[S-].N#C[S-].O=C([O-])C1=CC(=C2C=C(C(=O)O)C=C[N-]2)[N-]C=C1.[Ru+4]. The monoisotopic (exact) mass is 461 g/mol. The van der Waals surface area contributed by atoms with Crippen LogP contribution in [0.4, 0.5) is 0 Å². The molecule has 0 bridgehead atoms. The van der Waals surface area contributed by atoms with Gasteiger partial charge in [0.1, 0.15) is 0 Å². The van der Waals surface area contributed by atoms with Gasteiger partial charge in [0.05, 0.1) is 11.5 Å². The Bertz CT molecular complexity index is 681. The van der Waals surface area contributed by atoms with Crippen LogP contribution in [-0.2, 0) is 54.3 Å². The zero-order valence-electron chi connectivity index (χ0n) is 12.1. The molecule has 0 spiro atoms. The molecule has 0 saturated carbocycles. The fraction of sp³-hybridized carbons (Fsp3) is 0. The second kappa shape index (κ2) is 13.7. The summed E-state index contributed by atoms with van der Waals surface area (Å²) in [5, 5.41) is 44.4. The third-order valence-corrected chi connectivity index (χ3v) is 2.26. The fourth-order valence-corrected chi connectivity index (χ4v) is 1.40. The van der Waals surface area contributed by atoms with E-state index in [9.17, 15) is 14.7 Å². The van der Waals surface area contributed by atoms with E-state index in [0.29, 0.717) is 0 Å². The number of allylic oxidation sites excluding steroid dienone is 2. The second-order valence-electron chi connectivity index (χ2n) is 3.63. The maximum Gasteiger partial charge on any atom is 4.00 e. The number of carboxylic acid groups (broad SMARTS) is 2. The van der Waals surface area contributed by atoms with Crippen molar-refractivity contribution < 1.29 is 39.3 Å². The molecule has 0 saturated heterocycles. The first-order valence-electron chi connectivity index (χ1n) is 5.80. The van der Waals surface area contributed by atoms with Gasteiger partial charge in [0.25, 0.3) is 0 Å². The van der Waals surface area contributed by atoms with Gasteiger partial charge >= 0.3 is 25.4 Å². The number of carboxylic acids is 2. The minimum absolute atomic E-state index is 0. The molecule has 0 unspecified atom stereocenters. The first kappa shape index (κ1) is 24.5. The van der Waals surface area contributed by atoms with E-state index in [1.807, 2.05) is 0 Å². The van der Waals surface area contributed by atoms with E-state index in [-0.39, 0.29) is 42.0 Å². The number of hydrogen-bond acceptors (Lipinski definition) is 7. The molecule has 1 N–H and O–H groups in total. The van der Waals surface area contributed by atoms with E-state index >= 15 is 0 Å². The summed E-state index contributed by atoms with van der Waals surface area (Å²) in [6.07, 6.45) is 7.86. The van der Waals surface area contributed by atoms with E-state index in [1.165, 1.54) is 47.5 Å². The fourth-order valence-electron chi connectivity index (χ4n) is 1.40. The predicted octanol–water partition coefficient (Wildman–Crippen LogP) is 0.714. The van der Waals surface area contributed by atoms with Crippen LogP contribution in [0.25, 0.3) is 10.6 Å². The van der Waals surface area contributed by atoms with E-state index in [2.05, 4.69) is 35.9 Å². The maximum absolute atomic E-state index is 10.8. The van der Waals surface area contributed by atoms with Crippen LogP contribution < -0.4 is 5.11 Å². The van der Waals surface area contributed by atoms with Gasteiger partial charge in [-0.25, -0.2) is 15.3 Å². The molecule has 0 aromatic rings. The second-order valence-corrected chi connectivity index (χ2v) is 4.00. The van der Waals surface area contributed by atoms with Gasteiger partial charge in [-0.2, -0.15) is 23.8 Å². The van der Waals surface area contributed by atoms with Gasteiger partial charge in [0, 0.05) is 0 Å². The molecule has 0 aromatic carbocycles. The number of thiocyanates is 2. The summed E-state index contributed by atoms with van der Waals surface area (Å²) >= 11 is 7.40. The van der Waals surface area contributed by atoms with Crippen LogP contribution in [-0.4, -0.2) is 17.0 Å². The van der Waals surface area contributed by atoms with E-state index < -0.39 is 11.9 Å². The van der Waals surface area contributed by atoms with Crippen molar-refractivity contribution in [3.05, 3.63) is 69.9 Å². The summed E-state index contributed by atoms with van der Waals surface area (Å²) in [4.78, 5) is 21.5. The number of carbonyl (C=O) groups excluding carboxylic acids is 1. The molecule has 2 rings (SSSR count). The summed E-state index contributed by atoms with van der Waals surface area (Å²) < 4.78 is 0. The molecule has 2 aliphatic rings. The summed E-state index contributed by atoms with van der Waals surface area (Å²) in [5.74, 6) is -2.41. The van der Waals surface area contributed by atoms with Gasteiger partial charge in [0.15, 0.2) is 0 Å². The summed E-state index contributed by atoms with van der Waals surface area (Å²) in [6, 6.07) is 0. The predicted molar refractivity (Wildman–Crippen MR) is 86.8 cm³/mol. The summed E-state index contributed by atoms with van der Waals surface area (Å²) in [6.45, 7) is 0. The van der Waals surface area contributed by atoms with Crippen LogP contribution in [0.15, 0.2) is 59.2 Å². The average Bonchev–Trinajstić information content (AvgIpc) is 2.56. The number of rotatable bonds is 2. The Labute approximate surface area is 167 Å². The zero-order chi connectivity index (χ0) is 18.5. The van der Waals surface area contributed by atoms with Gasteiger partial charge in [0.2, 0.25) is 0 Å². The van der Waals surface area contributed by atoms with Crippen LogP contribution in [0.1, 0.15) is 0 Å². The Hall–Kier alpha value is -2.72. The molecule has 25 heavy (non-hydrogen) atoms. The van der Waals surface area contributed by atoms with Crippen molar-refractivity contribution in [2.45, 2.75) is 0 Å². The molecule has 11 heteroatoms. The molecular weight excluding hydrogens is 453 g/mol. The van der Waals surface area contributed by atoms with Gasteiger partial charge in [-0.1, -0.05) is 35.1 Å². The molecule has 2 heterocycles. The topological polar surface area (TPSA) is 153 Å². The number of nitriles is 2. The van der Waals surface area contributed by atoms with Crippen LogP contribution in [0.3, 0.4) is 0 Å². The van der Waals surface area contributed by atoms with E-state index in [1.54, 1.807) is 0 Å². The Morgan fingerprint density at radius 3 is 1.72 bits per heavy atom. The normalized spacial score (nSPS) is 16.1. The Morgan fingerprint density at radius 1 is 1.00 bits per heavy atom. The molecule has 2 aliphatic heterocycles. The number of hydrogen-bond donors (Lipinski definition) is 1. The third-order valence-electron chi connectivity index (χ3n) is 2.26. The Kier molecular flexibility index (Phi) is 13.4. The maximum atomic E-state index is 10.8. The van der Waals surface area contributed by atoms with Crippen LogP contribution in [0.2, 0.25) is 0 Å². The Balaban J connectivity index is 0. The molecule has 0 radical (unpaired) electrons. The zero-order valence-corrected chi connectivity index (χ0v) is 15.5. The van der Waals surface area contributed by atoms with Crippen molar-refractivity contribution in [3.8, 4) is 10.8 Å². The Morgan fingerprint density at radius 2 is 1.36 bits per heavy atom. The molecule has 0 fully saturated rings. The van der Waals surface area contributed by atoms with E-state index in [4.69, 9.17) is 15.6 Å². The minimum atomic E-state index is -1.33. The molecule has 0 aromatic heterocycles. The van der Waals surface area contributed by atoms with Crippen molar-refractivity contribution in [3.63, 3.8) is 0 Å². The van der Waals surface area contributed by atoms with Crippen LogP contribution in [0, 0.1) is 21.3 Å². The average molecular weight is 460 g/mol.